The average Bonchev–Trinajstić information content (AvgIpc) is 2.25. The predicted molar refractivity (Wildman–Crippen MR) is 52.7 cm³/mol. The molecule has 0 aliphatic rings. The second kappa shape index (κ2) is 6.53. The van der Waals surface area contributed by atoms with Gasteiger partial charge in [-0.25, -0.2) is 9.18 Å². The highest BCUT2D eigenvalue weighted by Gasteiger charge is 2.20. The lowest BCUT2D eigenvalue weighted by atomic mass is 10.2. The Morgan fingerprint density at radius 1 is 1.33 bits per heavy atom. The van der Waals surface area contributed by atoms with Crippen LogP contribution in [0.2, 0.25) is 0 Å². The van der Waals surface area contributed by atoms with E-state index in [1.54, 1.807) is 0 Å². The van der Waals surface area contributed by atoms with E-state index >= 15 is 0 Å². The highest BCUT2D eigenvalue weighted by Crippen LogP contribution is 2.17. The zero-order valence-electron chi connectivity index (χ0n) is 8.91. The molecule has 0 aromatic heterocycles. The van der Waals surface area contributed by atoms with Crippen molar-refractivity contribution < 1.29 is 31.2 Å². The van der Waals surface area contributed by atoms with E-state index in [1.807, 2.05) is 0 Å². The lowest BCUT2D eigenvalue weighted by Crippen LogP contribution is -2.03. The third-order valence-corrected chi connectivity index (χ3v) is 1.47. The molecular formula is C8H6BF5N2O2. The molecule has 0 spiro atoms. The maximum absolute atomic E-state index is 13.0. The third kappa shape index (κ3) is 6.42. The fourth-order valence-corrected chi connectivity index (χ4v) is 0.842. The molecule has 18 heavy (non-hydrogen) atoms. The first-order valence-electron chi connectivity index (χ1n) is 4.29. The van der Waals surface area contributed by atoms with Gasteiger partial charge < -0.3 is 22.0 Å². The van der Waals surface area contributed by atoms with Gasteiger partial charge in [-0.15, -0.1) is 0 Å². The Bertz CT molecular complexity index is 466. The van der Waals surface area contributed by atoms with Crippen LogP contribution >= 0.6 is 0 Å². The summed E-state index contributed by atoms with van der Waals surface area (Å²) in [7, 11) is -4.84. The van der Waals surface area contributed by atoms with E-state index in [9.17, 15) is 26.4 Å². The Labute approximate surface area is 98.1 Å². The molecule has 4 nitrogen and oxygen atoms in total. The summed E-state index contributed by atoms with van der Waals surface area (Å²) >= 11 is 0. The second-order valence-corrected chi connectivity index (χ2v) is 2.75. The summed E-state index contributed by atoms with van der Waals surface area (Å²) in [4.78, 5) is 13.6. The molecule has 0 saturated heterocycles. The van der Waals surface area contributed by atoms with Crippen LogP contribution in [0.1, 0.15) is 10.4 Å². The lowest BCUT2D eigenvalue weighted by Gasteiger charge is -1.97. The van der Waals surface area contributed by atoms with Gasteiger partial charge in [0.25, 0.3) is 0 Å². The van der Waals surface area contributed by atoms with Gasteiger partial charge in [0, 0.05) is 6.07 Å². The van der Waals surface area contributed by atoms with Gasteiger partial charge in [0.2, 0.25) is 5.39 Å². The largest absolute Gasteiger partial charge is 0.673 e. The van der Waals surface area contributed by atoms with Gasteiger partial charge in [-0.2, -0.15) is 0 Å². The van der Waals surface area contributed by atoms with Crippen molar-refractivity contribution in [2.24, 2.45) is 0 Å². The molecule has 0 N–H and O–H groups in total. The normalized spacial score (nSPS) is 9.83. The number of hydrogen-bond acceptors (Lipinski definition) is 3. The first kappa shape index (κ1) is 15.8. The second-order valence-electron chi connectivity index (χ2n) is 2.75. The summed E-state index contributed by atoms with van der Waals surface area (Å²) in [6, 6.07) is 3.43. The van der Waals surface area contributed by atoms with E-state index < -0.39 is 19.0 Å². The average molecular weight is 268 g/mol. The first-order valence-corrected chi connectivity index (χ1v) is 4.29. The lowest BCUT2D eigenvalue weighted by molar-refractivity contribution is 0.0595. The molecule has 0 aliphatic carbocycles. The molecule has 10 heteroatoms. The fourth-order valence-electron chi connectivity index (χ4n) is 0.842. The Morgan fingerprint density at radius 2 is 1.83 bits per heavy atom. The zero-order valence-corrected chi connectivity index (χ0v) is 8.91. The van der Waals surface area contributed by atoms with Crippen LogP contribution in [0.3, 0.4) is 0 Å². The summed E-state index contributed by atoms with van der Waals surface area (Å²) < 4.78 is 56.3. The molecule has 98 valence electrons. The number of hydrogen-bond donors (Lipinski definition) is 0. The van der Waals surface area contributed by atoms with E-state index in [2.05, 4.69) is 9.71 Å². The van der Waals surface area contributed by atoms with Crippen LogP contribution in [-0.2, 0) is 4.74 Å². The number of halogens is 5. The quantitative estimate of drug-likeness (QED) is 0.339. The number of methoxy groups -OCH3 is 1. The van der Waals surface area contributed by atoms with Gasteiger partial charge in [0.05, 0.1) is 18.7 Å². The Hall–Kier alpha value is -2.18. The van der Waals surface area contributed by atoms with Crippen molar-refractivity contribution in [1.82, 2.24) is 0 Å². The molecule has 0 aliphatic heterocycles. The van der Waals surface area contributed by atoms with Crippen molar-refractivity contribution in [2.75, 3.05) is 7.11 Å². The van der Waals surface area contributed by atoms with Gasteiger partial charge in [-0.1, -0.05) is 0 Å². The Morgan fingerprint density at radius 3 is 2.17 bits per heavy atom. The SMILES string of the molecule is COC(=O)c1ccc([N+]#N)cc1F.F[B-](F)(F)F. The molecule has 1 aromatic rings. The van der Waals surface area contributed by atoms with Gasteiger partial charge >= 0.3 is 18.9 Å². The van der Waals surface area contributed by atoms with Crippen LogP contribution in [-0.4, -0.2) is 20.3 Å². The number of carbonyl (C=O) groups excluding carboxylic acids is 1. The predicted octanol–water partition coefficient (Wildman–Crippen LogP) is 3.40. The molecule has 0 bridgehead atoms. The van der Waals surface area contributed by atoms with Crippen LogP contribution < -0.4 is 0 Å². The van der Waals surface area contributed by atoms with Crippen LogP contribution in [0.25, 0.3) is 4.98 Å². The molecule has 0 atom stereocenters. The molecule has 1 rings (SSSR count). The minimum absolute atomic E-state index is 0.0464. The summed E-state index contributed by atoms with van der Waals surface area (Å²) in [6.07, 6.45) is 0. The van der Waals surface area contributed by atoms with Crippen molar-refractivity contribution in [3.05, 3.63) is 34.6 Å². The molecule has 0 unspecified atom stereocenters. The summed E-state index contributed by atoms with van der Waals surface area (Å²) in [5, 5.41) is 8.29. The summed E-state index contributed by atoms with van der Waals surface area (Å²) in [6.45, 7) is 0. The van der Waals surface area contributed by atoms with Crippen molar-refractivity contribution in [3.8, 4) is 0 Å². The number of esters is 1. The standard InChI is InChI=1S/C8H6FN2O2.BF4/c1-13-8(12)6-3-2-5(11-10)4-7(6)9;2-1(3,4)5/h2-4H,1H3;/q+1;-1. The van der Waals surface area contributed by atoms with Crippen molar-refractivity contribution in [1.29, 1.82) is 5.39 Å². The molecule has 0 fully saturated rings. The molecule has 1 aromatic carbocycles. The highest BCUT2D eigenvalue weighted by molar-refractivity contribution is 6.50. The molecule has 0 heterocycles. The molecular weight excluding hydrogens is 262 g/mol. The van der Waals surface area contributed by atoms with E-state index in [0.717, 1.165) is 13.2 Å². The van der Waals surface area contributed by atoms with Crippen LogP contribution in [0, 0.1) is 11.2 Å². The third-order valence-electron chi connectivity index (χ3n) is 1.47. The number of carbonyl (C=O) groups is 1. The van der Waals surface area contributed by atoms with Crippen LogP contribution in [0.5, 0.6) is 0 Å². The minimum Gasteiger partial charge on any atom is -0.465 e. The Kier molecular flexibility index (Phi) is 5.74. The highest BCUT2D eigenvalue weighted by atomic mass is 19.5. The van der Waals surface area contributed by atoms with E-state index in [0.29, 0.717) is 0 Å². The molecule has 0 amide bonds. The summed E-state index contributed by atoms with van der Waals surface area (Å²) in [5.41, 5.74) is -0.139. The van der Waals surface area contributed by atoms with Crippen LogP contribution in [0.15, 0.2) is 18.2 Å². The van der Waals surface area contributed by atoms with Crippen molar-refractivity contribution in [2.45, 2.75) is 0 Å². The molecule has 0 saturated carbocycles. The maximum Gasteiger partial charge on any atom is 0.673 e. The summed E-state index contributed by atoms with van der Waals surface area (Å²) in [5.74, 6) is -1.54. The van der Waals surface area contributed by atoms with Crippen molar-refractivity contribution in [3.63, 3.8) is 0 Å². The van der Waals surface area contributed by atoms with Crippen LogP contribution in [0.4, 0.5) is 27.3 Å². The van der Waals surface area contributed by atoms with E-state index in [-0.39, 0.29) is 11.3 Å². The van der Waals surface area contributed by atoms with Gasteiger partial charge in [0.1, 0.15) is 5.82 Å². The number of nitrogens with zero attached hydrogens (tertiary/aromatic N) is 2. The number of ether oxygens (including phenoxy) is 1. The zero-order chi connectivity index (χ0) is 14.3. The van der Waals surface area contributed by atoms with Gasteiger partial charge in [0.15, 0.2) is 4.98 Å². The Balaban J connectivity index is 0.000000494. The fraction of sp³-hybridized carbons (Fsp3) is 0.125. The topological polar surface area (TPSA) is 54.5 Å². The smallest absolute Gasteiger partial charge is 0.465 e. The van der Waals surface area contributed by atoms with Gasteiger partial charge in [-0.3, -0.25) is 0 Å². The van der Waals surface area contributed by atoms with Crippen molar-refractivity contribution >= 4 is 18.9 Å². The number of rotatable bonds is 1. The monoisotopic (exact) mass is 268 g/mol. The van der Waals surface area contributed by atoms with Gasteiger partial charge in [-0.05, 0) is 6.07 Å². The van der Waals surface area contributed by atoms with E-state index in [1.165, 1.54) is 12.1 Å². The van der Waals surface area contributed by atoms with E-state index in [4.69, 9.17) is 5.39 Å². The first-order chi connectivity index (χ1) is 8.19. The maximum atomic E-state index is 13.0. The minimum atomic E-state index is -6.00. The molecule has 0 radical (unpaired) electrons. The number of diazo groups is 1. The number of benzene rings is 1.